The standard InChI is InChI=1S/C19H21N3O4S2/c1-12(23)13-3-5-14(6-4-13)20-16(24)11-28-19-21-15-7-10-27-17(15)18(25)22(19)8-9-26-2/h3-6H,7-11H2,1-2H3,(H,20,24). The van der Waals surface area contributed by atoms with Crippen LogP contribution in [0.1, 0.15) is 23.0 Å². The van der Waals surface area contributed by atoms with Crippen LogP contribution in [0.15, 0.2) is 39.1 Å². The third-order valence-electron chi connectivity index (χ3n) is 4.17. The minimum Gasteiger partial charge on any atom is -0.383 e. The van der Waals surface area contributed by atoms with E-state index in [4.69, 9.17) is 4.74 Å². The number of methoxy groups -OCH3 is 1. The molecular weight excluding hydrogens is 398 g/mol. The van der Waals surface area contributed by atoms with Gasteiger partial charge in [0.25, 0.3) is 5.56 Å². The van der Waals surface area contributed by atoms with Gasteiger partial charge in [-0.3, -0.25) is 19.0 Å². The molecule has 0 unspecified atom stereocenters. The van der Waals surface area contributed by atoms with Crippen molar-refractivity contribution in [3.63, 3.8) is 0 Å². The van der Waals surface area contributed by atoms with Gasteiger partial charge in [-0.25, -0.2) is 4.98 Å². The summed E-state index contributed by atoms with van der Waals surface area (Å²) in [7, 11) is 1.58. The summed E-state index contributed by atoms with van der Waals surface area (Å²) < 4.78 is 6.68. The second kappa shape index (κ2) is 9.40. The second-order valence-electron chi connectivity index (χ2n) is 6.19. The summed E-state index contributed by atoms with van der Waals surface area (Å²) in [6, 6.07) is 6.73. The SMILES string of the molecule is COCCn1c(SCC(=O)Nc2ccc(C(C)=O)cc2)nc2c(c1=O)SCC2. The monoisotopic (exact) mass is 419 g/mol. The molecule has 0 spiro atoms. The average Bonchev–Trinajstić information content (AvgIpc) is 3.15. The Labute approximate surface area is 171 Å². The Hall–Kier alpha value is -2.10. The molecule has 7 nitrogen and oxygen atoms in total. The third-order valence-corrected chi connectivity index (χ3v) is 6.26. The molecule has 1 N–H and O–H groups in total. The summed E-state index contributed by atoms with van der Waals surface area (Å²) in [5.74, 6) is 0.748. The topological polar surface area (TPSA) is 90.3 Å². The molecule has 0 saturated carbocycles. The number of hydrogen-bond donors (Lipinski definition) is 1. The van der Waals surface area contributed by atoms with E-state index in [0.29, 0.717) is 34.5 Å². The maximum Gasteiger partial charge on any atom is 0.268 e. The zero-order valence-electron chi connectivity index (χ0n) is 15.7. The zero-order valence-corrected chi connectivity index (χ0v) is 17.3. The van der Waals surface area contributed by atoms with Gasteiger partial charge in [0.05, 0.1) is 29.5 Å². The van der Waals surface area contributed by atoms with Crippen molar-refractivity contribution in [1.82, 2.24) is 9.55 Å². The van der Waals surface area contributed by atoms with E-state index in [2.05, 4.69) is 10.3 Å². The fraction of sp³-hybridized carbons (Fsp3) is 0.368. The van der Waals surface area contributed by atoms with Crippen molar-refractivity contribution >= 4 is 40.9 Å². The van der Waals surface area contributed by atoms with E-state index in [1.165, 1.54) is 30.4 Å². The first-order valence-electron chi connectivity index (χ1n) is 8.78. The second-order valence-corrected chi connectivity index (χ2v) is 8.24. The van der Waals surface area contributed by atoms with Gasteiger partial charge >= 0.3 is 0 Å². The molecule has 1 aliphatic heterocycles. The number of rotatable bonds is 8. The normalized spacial score (nSPS) is 12.6. The smallest absolute Gasteiger partial charge is 0.268 e. The van der Waals surface area contributed by atoms with Crippen LogP contribution in [-0.2, 0) is 22.5 Å². The molecule has 0 fully saturated rings. The molecule has 0 radical (unpaired) electrons. The van der Waals surface area contributed by atoms with E-state index in [0.717, 1.165) is 17.9 Å². The number of anilines is 1. The zero-order chi connectivity index (χ0) is 20.1. The van der Waals surface area contributed by atoms with Gasteiger partial charge in [-0.1, -0.05) is 11.8 Å². The predicted molar refractivity (Wildman–Crippen MR) is 111 cm³/mol. The molecule has 148 valence electrons. The fourth-order valence-corrected chi connectivity index (χ4v) is 4.61. The van der Waals surface area contributed by atoms with Crippen LogP contribution in [0.25, 0.3) is 0 Å². The van der Waals surface area contributed by atoms with Gasteiger partial charge in [0.2, 0.25) is 5.91 Å². The molecule has 9 heteroatoms. The van der Waals surface area contributed by atoms with E-state index in [-0.39, 0.29) is 23.0 Å². The molecule has 1 aromatic heterocycles. The van der Waals surface area contributed by atoms with Crippen LogP contribution in [0.2, 0.25) is 0 Å². The van der Waals surface area contributed by atoms with Crippen LogP contribution in [0, 0.1) is 0 Å². The summed E-state index contributed by atoms with van der Waals surface area (Å²) in [6.07, 6.45) is 0.766. The summed E-state index contributed by atoms with van der Waals surface area (Å²) in [5, 5.41) is 3.33. The number of thioether (sulfide) groups is 2. The summed E-state index contributed by atoms with van der Waals surface area (Å²) >= 11 is 2.76. The Morgan fingerprint density at radius 2 is 2.07 bits per heavy atom. The van der Waals surface area contributed by atoms with Crippen molar-refractivity contribution in [3.8, 4) is 0 Å². The highest BCUT2D eigenvalue weighted by atomic mass is 32.2. The molecule has 0 atom stereocenters. The lowest BCUT2D eigenvalue weighted by atomic mass is 10.1. The molecule has 0 saturated heterocycles. The molecular formula is C19H21N3O4S2. The van der Waals surface area contributed by atoms with Crippen molar-refractivity contribution < 1.29 is 14.3 Å². The van der Waals surface area contributed by atoms with Gasteiger partial charge in [-0.05, 0) is 31.2 Å². The number of benzene rings is 1. The van der Waals surface area contributed by atoms with Crippen LogP contribution in [0.4, 0.5) is 5.69 Å². The average molecular weight is 420 g/mol. The van der Waals surface area contributed by atoms with Crippen molar-refractivity contribution in [2.24, 2.45) is 0 Å². The Balaban J connectivity index is 1.69. The molecule has 28 heavy (non-hydrogen) atoms. The quantitative estimate of drug-likeness (QED) is 0.399. The van der Waals surface area contributed by atoms with Crippen LogP contribution >= 0.6 is 23.5 Å². The summed E-state index contributed by atoms with van der Waals surface area (Å²) in [5.41, 5.74) is 1.96. The van der Waals surface area contributed by atoms with Gasteiger partial charge in [0.15, 0.2) is 10.9 Å². The molecule has 3 rings (SSSR count). The van der Waals surface area contributed by atoms with Gasteiger partial charge < -0.3 is 10.1 Å². The number of ketones is 1. The number of carbonyl (C=O) groups is 2. The number of aromatic nitrogens is 2. The molecule has 1 amide bonds. The number of nitrogens with one attached hydrogen (secondary N) is 1. The van der Waals surface area contributed by atoms with E-state index in [1.807, 2.05) is 0 Å². The van der Waals surface area contributed by atoms with Gasteiger partial charge in [0, 0.05) is 30.5 Å². The van der Waals surface area contributed by atoms with Crippen LogP contribution < -0.4 is 10.9 Å². The summed E-state index contributed by atoms with van der Waals surface area (Å²) in [6.45, 7) is 2.29. The van der Waals surface area contributed by atoms with Crippen LogP contribution in [0.3, 0.4) is 0 Å². The maximum atomic E-state index is 12.7. The number of Topliss-reactive ketones (excluding diaryl/α,β-unsaturated/α-hetero) is 1. The first-order valence-corrected chi connectivity index (χ1v) is 10.8. The highest BCUT2D eigenvalue weighted by molar-refractivity contribution is 8.00. The number of amides is 1. The lowest BCUT2D eigenvalue weighted by molar-refractivity contribution is -0.113. The number of ether oxygens (including phenoxy) is 1. The van der Waals surface area contributed by atoms with Crippen molar-refractivity contribution in [3.05, 3.63) is 45.9 Å². The van der Waals surface area contributed by atoms with Gasteiger partial charge in [-0.15, -0.1) is 11.8 Å². The number of aryl methyl sites for hydroxylation is 1. The largest absolute Gasteiger partial charge is 0.383 e. The predicted octanol–water partition coefficient (Wildman–Crippen LogP) is 2.47. The van der Waals surface area contributed by atoms with Gasteiger partial charge in [0.1, 0.15) is 0 Å². The van der Waals surface area contributed by atoms with E-state index < -0.39 is 0 Å². The maximum absolute atomic E-state index is 12.7. The molecule has 2 aromatic rings. The Morgan fingerprint density at radius 1 is 1.32 bits per heavy atom. The van der Waals surface area contributed by atoms with Gasteiger partial charge in [-0.2, -0.15) is 0 Å². The Bertz CT molecular complexity index is 941. The van der Waals surface area contributed by atoms with Crippen molar-refractivity contribution in [2.75, 3.05) is 30.5 Å². The number of fused-ring (bicyclic) bond motifs is 1. The first-order chi connectivity index (χ1) is 13.5. The summed E-state index contributed by atoms with van der Waals surface area (Å²) in [4.78, 5) is 41.7. The van der Waals surface area contributed by atoms with Crippen LogP contribution in [0.5, 0.6) is 0 Å². The first kappa shape index (κ1) is 20.6. The number of hydrogen-bond acceptors (Lipinski definition) is 7. The highest BCUT2D eigenvalue weighted by Crippen LogP contribution is 2.28. The van der Waals surface area contributed by atoms with Crippen molar-refractivity contribution in [2.45, 2.75) is 29.9 Å². The Kier molecular flexibility index (Phi) is 6.93. The number of carbonyl (C=O) groups excluding carboxylic acids is 2. The third kappa shape index (κ3) is 4.84. The fourth-order valence-electron chi connectivity index (χ4n) is 2.73. The minimum absolute atomic E-state index is 0.0247. The molecule has 0 bridgehead atoms. The highest BCUT2D eigenvalue weighted by Gasteiger charge is 2.22. The van der Waals surface area contributed by atoms with E-state index >= 15 is 0 Å². The van der Waals surface area contributed by atoms with E-state index in [9.17, 15) is 14.4 Å². The van der Waals surface area contributed by atoms with Crippen molar-refractivity contribution in [1.29, 1.82) is 0 Å². The lowest BCUT2D eigenvalue weighted by Gasteiger charge is -2.13. The number of nitrogens with zero attached hydrogens (tertiary/aromatic N) is 2. The molecule has 2 heterocycles. The van der Waals surface area contributed by atoms with Crippen LogP contribution in [-0.4, -0.2) is 46.5 Å². The lowest BCUT2D eigenvalue weighted by Crippen LogP contribution is -2.27. The minimum atomic E-state index is -0.206. The molecule has 1 aliphatic rings. The molecule has 1 aromatic carbocycles. The van der Waals surface area contributed by atoms with E-state index in [1.54, 1.807) is 35.9 Å². The molecule has 0 aliphatic carbocycles. The Morgan fingerprint density at radius 3 is 2.75 bits per heavy atom.